The number of rotatable bonds is 4. The summed E-state index contributed by atoms with van der Waals surface area (Å²) < 4.78 is 69.9. The Bertz CT molecular complexity index is 424. The summed E-state index contributed by atoms with van der Waals surface area (Å²) in [7, 11) is 0.975. The van der Waals surface area contributed by atoms with E-state index in [0.29, 0.717) is 6.20 Å². The summed E-state index contributed by atoms with van der Waals surface area (Å²) in [6.45, 7) is 0. The van der Waals surface area contributed by atoms with Gasteiger partial charge in [-0.2, -0.15) is 0 Å². The van der Waals surface area contributed by atoms with E-state index >= 15 is 0 Å². The Balaban J connectivity index is 3.33. The van der Waals surface area contributed by atoms with E-state index in [1.54, 1.807) is 0 Å². The summed E-state index contributed by atoms with van der Waals surface area (Å²) in [6, 6.07) is 0. The summed E-state index contributed by atoms with van der Waals surface area (Å²) in [5, 5.41) is -0.0463. The average molecular weight is 336 g/mol. The van der Waals surface area contributed by atoms with Crippen LogP contribution < -0.4 is 9.47 Å². The van der Waals surface area contributed by atoms with Gasteiger partial charge in [0.2, 0.25) is 0 Å². The van der Waals surface area contributed by atoms with Crippen molar-refractivity contribution in [2.75, 3.05) is 7.11 Å². The lowest BCUT2D eigenvalue weighted by Gasteiger charge is -2.16. The molecule has 0 saturated carbocycles. The van der Waals surface area contributed by atoms with Crippen LogP contribution in [0, 0.1) is 0 Å². The molecule has 9 heteroatoms. The van der Waals surface area contributed by atoms with Gasteiger partial charge >= 0.3 is 6.36 Å². The van der Waals surface area contributed by atoms with Crippen molar-refractivity contribution in [1.82, 2.24) is 4.98 Å². The van der Waals surface area contributed by atoms with Crippen LogP contribution in [0.15, 0.2) is 6.20 Å². The summed E-state index contributed by atoms with van der Waals surface area (Å²) in [5.41, 5.74) is -0.840. The standard InChI is InChI=1S/C9H7BrF5NO2/c1-17-7-5(18-9(13,14)15)3-16-4(2-10)6(7)8(11)12/h3,8H,2H2,1H3. The second kappa shape index (κ2) is 5.68. The molecule has 0 aliphatic rings. The number of hydrogen-bond acceptors (Lipinski definition) is 3. The molecule has 0 aromatic carbocycles. The normalized spacial score (nSPS) is 11.8. The molecule has 0 radical (unpaired) electrons. The van der Waals surface area contributed by atoms with Crippen LogP contribution in [0.5, 0.6) is 11.5 Å². The Hall–Kier alpha value is -1.12. The molecule has 1 rings (SSSR count). The van der Waals surface area contributed by atoms with Gasteiger partial charge in [0.1, 0.15) is 0 Å². The molecule has 1 aromatic rings. The van der Waals surface area contributed by atoms with Gasteiger partial charge in [-0.3, -0.25) is 4.98 Å². The highest BCUT2D eigenvalue weighted by Gasteiger charge is 2.34. The quantitative estimate of drug-likeness (QED) is 0.619. The fourth-order valence-electron chi connectivity index (χ4n) is 1.27. The zero-order valence-corrected chi connectivity index (χ0v) is 10.5. The van der Waals surface area contributed by atoms with Crippen molar-refractivity contribution < 1.29 is 31.4 Å². The first kappa shape index (κ1) is 14.9. The van der Waals surface area contributed by atoms with Gasteiger partial charge < -0.3 is 9.47 Å². The smallest absolute Gasteiger partial charge is 0.492 e. The third kappa shape index (κ3) is 3.44. The van der Waals surface area contributed by atoms with Crippen molar-refractivity contribution in [2.24, 2.45) is 0 Å². The van der Waals surface area contributed by atoms with Crippen LogP contribution in [0.1, 0.15) is 17.7 Å². The van der Waals surface area contributed by atoms with Crippen molar-refractivity contribution in [1.29, 1.82) is 0 Å². The average Bonchev–Trinajstić information content (AvgIpc) is 2.26. The van der Waals surface area contributed by atoms with Crippen molar-refractivity contribution in [3.63, 3.8) is 0 Å². The number of alkyl halides is 6. The van der Waals surface area contributed by atoms with Gasteiger partial charge in [-0.05, 0) is 0 Å². The molecule has 0 unspecified atom stereocenters. The van der Waals surface area contributed by atoms with Crippen LogP contribution >= 0.6 is 15.9 Å². The molecule has 18 heavy (non-hydrogen) atoms. The Morgan fingerprint density at radius 3 is 2.39 bits per heavy atom. The van der Waals surface area contributed by atoms with E-state index in [2.05, 4.69) is 30.4 Å². The molecular formula is C9H7BrF5NO2. The molecule has 0 atom stereocenters. The molecule has 0 bridgehead atoms. The Morgan fingerprint density at radius 1 is 1.39 bits per heavy atom. The first-order valence-corrected chi connectivity index (χ1v) is 5.58. The summed E-state index contributed by atoms with van der Waals surface area (Å²) >= 11 is 2.91. The minimum atomic E-state index is -5.01. The Labute approximate surface area is 107 Å². The molecule has 1 aromatic heterocycles. The molecule has 0 N–H and O–H groups in total. The number of hydrogen-bond donors (Lipinski definition) is 0. The van der Waals surface area contributed by atoms with E-state index in [-0.39, 0.29) is 11.0 Å². The van der Waals surface area contributed by atoms with Gasteiger partial charge in [0.25, 0.3) is 6.43 Å². The molecule has 0 saturated heterocycles. The molecule has 0 spiro atoms. The van der Waals surface area contributed by atoms with E-state index in [1.165, 1.54) is 0 Å². The SMILES string of the molecule is COc1c(OC(F)(F)F)cnc(CBr)c1C(F)F. The number of ether oxygens (including phenoxy) is 2. The van der Waals surface area contributed by atoms with Crippen molar-refractivity contribution in [2.45, 2.75) is 18.1 Å². The molecule has 0 aliphatic carbocycles. The first-order valence-electron chi connectivity index (χ1n) is 4.45. The van der Waals surface area contributed by atoms with Crippen LogP contribution in [-0.4, -0.2) is 18.5 Å². The van der Waals surface area contributed by atoms with E-state index in [0.717, 1.165) is 7.11 Å². The van der Waals surface area contributed by atoms with Crippen LogP contribution in [0.4, 0.5) is 22.0 Å². The minimum Gasteiger partial charge on any atom is -0.492 e. The van der Waals surface area contributed by atoms with E-state index < -0.39 is 29.9 Å². The van der Waals surface area contributed by atoms with Crippen LogP contribution in [0.3, 0.4) is 0 Å². The molecule has 102 valence electrons. The lowest BCUT2D eigenvalue weighted by Crippen LogP contribution is -2.18. The maximum Gasteiger partial charge on any atom is 0.573 e. The van der Waals surface area contributed by atoms with Gasteiger partial charge in [-0.25, -0.2) is 8.78 Å². The highest BCUT2D eigenvalue weighted by atomic mass is 79.9. The third-order valence-corrected chi connectivity index (χ3v) is 2.42. The van der Waals surface area contributed by atoms with E-state index in [1.807, 2.05) is 0 Å². The third-order valence-electron chi connectivity index (χ3n) is 1.89. The van der Waals surface area contributed by atoms with Gasteiger partial charge in [-0.15, -0.1) is 13.2 Å². The highest BCUT2D eigenvalue weighted by molar-refractivity contribution is 9.08. The van der Waals surface area contributed by atoms with Crippen LogP contribution in [0.25, 0.3) is 0 Å². The second-order valence-corrected chi connectivity index (χ2v) is 3.56. The number of pyridine rings is 1. The lowest BCUT2D eigenvalue weighted by atomic mass is 10.2. The molecule has 0 amide bonds. The fraction of sp³-hybridized carbons (Fsp3) is 0.444. The molecular weight excluding hydrogens is 329 g/mol. The number of methoxy groups -OCH3 is 1. The van der Waals surface area contributed by atoms with Gasteiger partial charge in [-0.1, -0.05) is 15.9 Å². The second-order valence-electron chi connectivity index (χ2n) is 3.00. The Kier molecular flexibility index (Phi) is 4.71. The number of aromatic nitrogens is 1. The lowest BCUT2D eigenvalue weighted by molar-refractivity contribution is -0.275. The monoisotopic (exact) mass is 335 g/mol. The van der Waals surface area contributed by atoms with Crippen LogP contribution in [-0.2, 0) is 5.33 Å². The fourth-order valence-corrected chi connectivity index (χ4v) is 1.71. The summed E-state index contributed by atoms with van der Waals surface area (Å²) in [6.07, 6.45) is -7.35. The first-order chi connectivity index (χ1) is 8.30. The largest absolute Gasteiger partial charge is 0.573 e. The van der Waals surface area contributed by atoms with Crippen molar-refractivity contribution >= 4 is 15.9 Å². The van der Waals surface area contributed by atoms with E-state index in [9.17, 15) is 22.0 Å². The van der Waals surface area contributed by atoms with Crippen molar-refractivity contribution in [3.8, 4) is 11.5 Å². The minimum absolute atomic E-state index is 0.0463. The number of nitrogens with zero attached hydrogens (tertiary/aromatic N) is 1. The molecule has 0 fully saturated rings. The molecule has 1 heterocycles. The molecule has 3 nitrogen and oxygen atoms in total. The summed E-state index contributed by atoms with van der Waals surface area (Å²) in [4.78, 5) is 3.48. The maximum atomic E-state index is 12.8. The van der Waals surface area contributed by atoms with Crippen LogP contribution in [0.2, 0.25) is 0 Å². The van der Waals surface area contributed by atoms with Gasteiger partial charge in [0.05, 0.1) is 24.6 Å². The highest BCUT2D eigenvalue weighted by Crippen LogP contribution is 2.40. The maximum absolute atomic E-state index is 12.8. The van der Waals surface area contributed by atoms with Gasteiger partial charge in [0, 0.05) is 5.33 Å². The summed E-state index contributed by atoms with van der Waals surface area (Å²) in [5.74, 6) is -1.57. The number of halogens is 6. The predicted octanol–water partition coefficient (Wildman–Crippen LogP) is 3.82. The Morgan fingerprint density at radius 2 is 2.00 bits per heavy atom. The zero-order valence-electron chi connectivity index (χ0n) is 8.89. The topological polar surface area (TPSA) is 31.4 Å². The predicted molar refractivity (Wildman–Crippen MR) is 55.1 cm³/mol. The van der Waals surface area contributed by atoms with Crippen molar-refractivity contribution in [3.05, 3.63) is 17.5 Å². The zero-order chi connectivity index (χ0) is 13.9. The van der Waals surface area contributed by atoms with Gasteiger partial charge in [0.15, 0.2) is 11.5 Å². The van der Waals surface area contributed by atoms with E-state index in [4.69, 9.17) is 0 Å². The molecule has 0 aliphatic heterocycles.